The molecule has 3 aromatic heterocycles. The third-order valence-electron chi connectivity index (χ3n) is 6.64. The number of benzene rings is 2. The van der Waals surface area contributed by atoms with Gasteiger partial charge in [0, 0.05) is 5.56 Å². The SMILES string of the molecule is Cc1ccc(-n2nc(-c3cccs3)c3c2N(CC(=O)NCc2ccco2)C(=O)CSC3c2ccc(F)cc2)cc1. The number of hydrogen-bond donors (Lipinski definition) is 1. The second-order valence-corrected chi connectivity index (χ2v) is 11.4. The highest BCUT2D eigenvalue weighted by Crippen LogP contribution is 2.49. The number of carbonyl (C=O) groups is 2. The maximum Gasteiger partial charge on any atom is 0.240 e. The maximum atomic E-state index is 13.9. The molecule has 202 valence electrons. The molecule has 1 unspecified atom stereocenters. The Bertz CT molecular complexity index is 1630. The van der Waals surface area contributed by atoms with Gasteiger partial charge in [-0.25, -0.2) is 9.07 Å². The van der Waals surface area contributed by atoms with Gasteiger partial charge in [0.1, 0.15) is 29.6 Å². The van der Waals surface area contributed by atoms with Crippen molar-refractivity contribution in [2.75, 3.05) is 17.2 Å². The first kappa shape index (κ1) is 26.1. The summed E-state index contributed by atoms with van der Waals surface area (Å²) in [7, 11) is 0. The third-order valence-corrected chi connectivity index (χ3v) is 8.77. The number of amides is 2. The van der Waals surface area contributed by atoms with E-state index in [-0.39, 0.29) is 41.7 Å². The highest BCUT2D eigenvalue weighted by atomic mass is 32.2. The number of thiophene rings is 1. The number of aryl methyl sites for hydroxylation is 1. The van der Waals surface area contributed by atoms with Gasteiger partial charge in [-0.1, -0.05) is 35.9 Å². The number of fused-ring (bicyclic) bond motifs is 1. The van der Waals surface area contributed by atoms with Crippen LogP contribution in [0.1, 0.15) is 27.7 Å². The van der Waals surface area contributed by atoms with Crippen molar-refractivity contribution >= 4 is 40.7 Å². The van der Waals surface area contributed by atoms with E-state index in [0.717, 1.165) is 32.9 Å². The van der Waals surface area contributed by atoms with Crippen LogP contribution in [-0.4, -0.2) is 33.9 Å². The van der Waals surface area contributed by atoms with Gasteiger partial charge in [-0.05, 0) is 60.3 Å². The molecular formula is C30H25FN4O3S2. The van der Waals surface area contributed by atoms with E-state index in [4.69, 9.17) is 9.52 Å². The molecule has 10 heteroatoms. The molecule has 2 aromatic carbocycles. The van der Waals surface area contributed by atoms with E-state index in [0.29, 0.717) is 11.6 Å². The molecule has 1 aliphatic rings. The van der Waals surface area contributed by atoms with Gasteiger partial charge >= 0.3 is 0 Å². The molecule has 40 heavy (non-hydrogen) atoms. The van der Waals surface area contributed by atoms with Gasteiger partial charge in [0.15, 0.2) is 0 Å². The van der Waals surface area contributed by atoms with Crippen molar-refractivity contribution in [3.8, 4) is 16.3 Å². The number of hydrogen-bond acceptors (Lipinski definition) is 6. The normalized spacial score (nSPS) is 15.1. The zero-order valence-electron chi connectivity index (χ0n) is 21.5. The van der Waals surface area contributed by atoms with Gasteiger partial charge < -0.3 is 9.73 Å². The van der Waals surface area contributed by atoms with Crippen molar-refractivity contribution in [1.29, 1.82) is 0 Å². The van der Waals surface area contributed by atoms with Gasteiger partial charge in [0.25, 0.3) is 0 Å². The van der Waals surface area contributed by atoms with E-state index in [1.165, 1.54) is 28.8 Å². The zero-order chi connectivity index (χ0) is 27.6. The van der Waals surface area contributed by atoms with Gasteiger partial charge in [0.05, 0.1) is 34.4 Å². The molecule has 7 nitrogen and oxygen atoms in total. The molecule has 0 fully saturated rings. The average molecular weight is 573 g/mol. The molecule has 2 amide bonds. The van der Waals surface area contributed by atoms with Crippen LogP contribution in [0.15, 0.2) is 88.9 Å². The van der Waals surface area contributed by atoms with Crippen LogP contribution < -0.4 is 10.2 Å². The number of thioether (sulfide) groups is 1. The Morgan fingerprint density at radius 2 is 1.90 bits per heavy atom. The first-order valence-corrected chi connectivity index (χ1v) is 14.6. The Balaban J connectivity index is 1.51. The summed E-state index contributed by atoms with van der Waals surface area (Å²) in [6, 6.07) is 21.7. The van der Waals surface area contributed by atoms with Crippen molar-refractivity contribution < 1.29 is 18.4 Å². The van der Waals surface area contributed by atoms with Crippen LogP contribution >= 0.6 is 23.1 Å². The summed E-state index contributed by atoms with van der Waals surface area (Å²) in [5.74, 6) is 0.421. The summed E-state index contributed by atoms with van der Waals surface area (Å²) >= 11 is 3.00. The molecule has 1 aliphatic heterocycles. The van der Waals surface area contributed by atoms with Crippen molar-refractivity contribution in [1.82, 2.24) is 15.1 Å². The minimum atomic E-state index is -0.331. The third kappa shape index (κ3) is 5.20. The number of furan rings is 1. The van der Waals surface area contributed by atoms with Gasteiger partial charge in [0.2, 0.25) is 11.8 Å². The van der Waals surface area contributed by atoms with Crippen LogP contribution in [0.25, 0.3) is 16.3 Å². The smallest absolute Gasteiger partial charge is 0.240 e. The molecule has 0 saturated heterocycles. The number of rotatable bonds is 7. The predicted octanol–water partition coefficient (Wildman–Crippen LogP) is 6.13. The first-order chi connectivity index (χ1) is 19.5. The van der Waals surface area contributed by atoms with Crippen LogP contribution in [0.5, 0.6) is 0 Å². The molecule has 1 atom stereocenters. The summed E-state index contributed by atoms with van der Waals surface area (Å²) in [4.78, 5) is 29.3. The number of nitrogens with zero attached hydrogens (tertiary/aromatic N) is 3. The van der Waals surface area contributed by atoms with E-state index >= 15 is 0 Å². The van der Waals surface area contributed by atoms with Crippen molar-refractivity contribution in [3.05, 3.63) is 113 Å². The lowest BCUT2D eigenvalue weighted by atomic mass is 10.0. The van der Waals surface area contributed by atoms with Crippen LogP contribution in [0.2, 0.25) is 0 Å². The van der Waals surface area contributed by atoms with Crippen LogP contribution in [0.3, 0.4) is 0 Å². The summed E-state index contributed by atoms with van der Waals surface area (Å²) in [6.45, 7) is 2.03. The average Bonchev–Trinajstić information content (AvgIpc) is 3.72. The molecule has 1 N–H and O–H groups in total. The number of carbonyl (C=O) groups excluding carboxylic acids is 2. The summed E-state index contributed by atoms with van der Waals surface area (Å²) in [5, 5.41) is 9.57. The van der Waals surface area contributed by atoms with E-state index in [2.05, 4.69) is 5.32 Å². The highest BCUT2D eigenvalue weighted by Gasteiger charge is 2.38. The lowest BCUT2D eigenvalue weighted by Gasteiger charge is -2.23. The minimum Gasteiger partial charge on any atom is -0.467 e. The molecule has 5 aromatic rings. The molecule has 0 spiro atoms. The van der Waals surface area contributed by atoms with E-state index in [9.17, 15) is 14.0 Å². The van der Waals surface area contributed by atoms with Crippen LogP contribution in [-0.2, 0) is 16.1 Å². The number of halogens is 1. The molecule has 0 bridgehead atoms. The van der Waals surface area contributed by atoms with Gasteiger partial charge in [-0.2, -0.15) is 5.10 Å². The Morgan fingerprint density at radius 3 is 2.60 bits per heavy atom. The Labute approximate surface area is 238 Å². The lowest BCUT2D eigenvalue weighted by molar-refractivity contribution is -0.123. The Hall–Kier alpha value is -4.15. The highest BCUT2D eigenvalue weighted by molar-refractivity contribution is 8.00. The molecule has 0 aliphatic carbocycles. The summed E-state index contributed by atoms with van der Waals surface area (Å²) < 4.78 is 21.0. The fraction of sp³-hybridized carbons (Fsp3) is 0.167. The summed E-state index contributed by atoms with van der Waals surface area (Å²) in [6.07, 6.45) is 1.55. The van der Waals surface area contributed by atoms with E-state index in [1.54, 1.807) is 46.5 Å². The van der Waals surface area contributed by atoms with E-state index < -0.39 is 0 Å². The summed E-state index contributed by atoms with van der Waals surface area (Å²) in [5.41, 5.74) is 4.24. The first-order valence-electron chi connectivity index (χ1n) is 12.7. The van der Waals surface area contributed by atoms with Gasteiger partial charge in [-0.15, -0.1) is 23.1 Å². The van der Waals surface area contributed by atoms with Crippen molar-refractivity contribution in [2.45, 2.75) is 18.7 Å². The molecular weight excluding hydrogens is 547 g/mol. The second kappa shape index (κ2) is 11.1. The quantitative estimate of drug-likeness (QED) is 0.254. The number of aromatic nitrogens is 2. The zero-order valence-corrected chi connectivity index (χ0v) is 23.2. The maximum absolute atomic E-state index is 13.9. The second-order valence-electron chi connectivity index (χ2n) is 9.39. The minimum absolute atomic E-state index is 0.139. The number of nitrogens with one attached hydrogen (secondary N) is 1. The molecule has 0 radical (unpaired) electrons. The topological polar surface area (TPSA) is 80.4 Å². The largest absolute Gasteiger partial charge is 0.467 e. The fourth-order valence-electron chi connectivity index (χ4n) is 4.68. The molecule has 6 rings (SSSR count). The van der Waals surface area contributed by atoms with Crippen molar-refractivity contribution in [3.63, 3.8) is 0 Å². The van der Waals surface area contributed by atoms with Crippen LogP contribution in [0, 0.1) is 12.7 Å². The monoisotopic (exact) mass is 572 g/mol. The predicted molar refractivity (Wildman–Crippen MR) is 155 cm³/mol. The van der Waals surface area contributed by atoms with E-state index in [1.807, 2.05) is 48.7 Å². The lowest BCUT2D eigenvalue weighted by Crippen LogP contribution is -2.42. The Kier molecular flexibility index (Phi) is 7.27. The van der Waals surface area contributed by atoms with Crippen LogP contribution in [0.4, 0.5) is 10.2 Å². The standard InChI is InChI=1S/C30H25FN4O3S2/c1-19-6-12-22(13-7-19)35-30-27(28(33-35)24-5-3-15-39-24)29(20-8-10-21(31)11-9-20)40-18-26(37)34(30)17-25(36)32-16-23-4-2-14-38-23/h2-15,29H,16-18H2,1H3,(H,32,36). The van der Waals surface area contributed by atoms with Crippen molar-refractivity contribution in [2.24, 2.45) is 0 Å². The Morgan fingerprint density at radius 1 is 1.10 bits per heavy atom. The molecule has 4 heterocycles. The molecule has 0 saturated carbocycles. The number of anilines is 1. The van der Waals surface area contributed by atoms with Gasteiger partial charge in [-0.3, -0.25) is 14.5 Å². The fourth-order valence-corrected chi connectivity index (χ4v) is 6.60.